The van der Waals surface area contributed by atoms with E-state index in [1.807, 2.05) is 19.2 Å². The van der Waals surface area contributed by atoms with Crippen molar-refractivity contribution in [2.24, 2.45) is 0 Å². The molecule has 2 heterocycles. The van der Waals surface area contributed by atoms with Crippen molar-refractivity contribution in [1.82, 2.24) is 20.0 Å². The molecular weight excluding hydrogens is 212 g/mol. The minimum absolute atomic E-state index is 0.0844. The molecule has 0 aliphatic heterocycles. The molecule has 0 aromatic carbocycles. The normalized spacial score (nSPS) is 11.2. The molecule has 6 heteroatoms. The first-order chi connectivity index (χ1) is 7.24. The first-order valence-corrected chi connectivity index (χ1v) is 5.57. The van der Waals surface area contributed by atoms with Crippen molar-refractivity contribution in [3.8, 4) is 5.13 Å². The average molecular weight is 224 g/mol. The van der Waals surface area contributed by atoms with Gasteiger partial charge in [0.25, 0.3) is 0 Å². The maximum atomic E-state index is 9.15. The van der Waals surface area contributed by atoms with Gasteiger partial charge < -0.3 is 5.11 Å². The molecule has 0 saturated carbocycles. The Morgan fingerprint density at radius 2 is 2.33 bits per heavy atom. The molecule has 0 bridgehead atoms. The Morgan fingerprint density at radius 1 is 1.53 bits per heavy atom. The molecule has 0 saturated heterocycles. The fraction of sp³-hybridized carbons (Fsp3) is 0.444. The summed E-state index contributed by atoms with van der Waals surface area (Å²) in [5.41, 5.74) is 1.55. The quantitative estimate of drug-likeness (QED) is 0.854. The molecule has 0 atom stereocenters. The van der Waals surface area contributed by atoms with Crippen LogP contribution in [0.15, 0.2) is 11.6 Å². The fourth-order valence-electron chi connectivity index (χ4n) is 1.47. The van der Waals surface area contributed by atoms with Gasteiger partial charge in [0.2, 0.25) is 5.13 Å². The van der Waals surface area contributed by atoms with Gasteiger partial charge in [0, 0.05) is 11.6 Å². The Balaban J connectivity index is 2.53. The average Bonchev–Trinajstić information content (AvgIpc) is 2.85. The number of rotatable bonds is 3. The molecule has 5 nitrogen and oxygen atoms in total. The molecular formula is C9H12N4OS. The van der Waals surface area contributed by atoms with E-state index in [0.717, 1.165) is 10.8 Å². The van der Waals surface area contributed by atoms with E-state index in [1.165, 1.54) is 11.3 Å². The molecule has 2 aromatic rings. The van der Waals surface area contributed by atoms with E-state index >= 15 is 0 Å². The van der Waals surface area contributed by atoms with Gasteiger partial charge in [-0.15, -0.1) is 16.4 Å². The zero-order chi connectivity index (χ0) is 10.8. The van der Waals surface area contributed by atoms with Crippen LogP contribution >= 0.6 is 11.3 Å². The van der Waals surface area contributed by atoms with Crippen LogP contribution in [0.5, 0.6) is 0 Å². The van der Waals surface area contributed by atoms with Crippen LogP contribution in [0.1, 0.15) is 31.2 Å². The molecule has 2 rings (SSSR count). The van der Waals surface area contributed by atoms with Gasteiger partial charge in [-0.2, -0.15) is 4.68 Å². The maximum absolute atomic E-state index is 9.15. The lowest BCUT2D eigenvalue weighted by molar-refractivity contribution is 0.275. The number of hydrogen-bond acceptors (Lipinski definition) is 5. The summed E-state index contributed by atoms with van der Waals surface area (Å²) in [6, 6.07) is 0. The van der Waals surface area contributed by atoms with Gasteiger partial charge in [-0.05, 0) is 5.92 Å². The molecule has 15 heavy (non-hydrogen) atoms. The first kappa shape index (κ1) is 10.3. The van der Waals surface area contributed by atoms with Crippen LogP contribution in [0.2, 0.25) is 0 Å². The second-order valence-electron chi connectivity index (χ2n) is 3.46. The Labute approximate surface area is 91.4 Å². The largest absolute Gasteiger partial charge is 0.390 e. The summed E-state index contributed by atoms with van der Waals surface area (Å²) in [6.07, 6.45) is 1.73. The predicted octanol–water partition coefficient (Wildman–Crippen LogP) is 1.34. The molecule has 0 spiro atoms. The van der Waals surface area contributed by atoms with E-state index in [2.05, 4.69) is 15.3 Å². The third kappa shape index (κ3) is 1.78. The molecule has 80 valence electrons. The van der Waals surface area contributed by atoms with Crippen LogP contribution in [0.25, 0.3) is 5.13 Å². The topological polar surface area (TPSA) is 63.8 Å². The van der Waals surface area contributed by atoms with Gasteiger partial charge in [-0.3, -0.25) is 0 Å². The van der Waals surface area contributed by atoms with Crippen molar-refractivity contribution in [3.05, 3.63) is 23.0 Å². The fourth-order valence-corrected chi connectivity index (χ4v) is 2.07. The highest BCUT2D eigenvalue weighted by Crippen LogP contribution is 2.22. The van der Waals surface area contributed by atoms with Gasteiger partial charge in [0.05, 0.1) is 12.3 Å². The van der Waals surface area contributed by atoms with Crippen molar-refractivity contribution in [1.29, 1.82) is 0 Å². The molecule has 1 N–H and O–H groups in total. The van der Waals surface area contributed by atoms with Gasteiger partial charge in [-0.25, -0.2) is 4.98 Å². The van der Waals surface area contributed by atoms with Crippen molar-refractivity contribution in [2.75, 3.05) is 0 Å². The van der Waals surface area contributed by atoms with E-state index < -0.39 is 0 Å². The summed E-state index contributed by atoms with van der Waals surface area (Å²) < 4.78 is 1.70. The number of aromatic nitrogens is 4. The van der Waals surface area contributed by atoms with Gasteiger partial charge in [0.15, 0.2) is 0 Å². The first-order valence-electron chi connectivity index (χ1n) is 4.69. The highest BCUT2D eigenvalue weighted by atomic mass is 32.1. The standard InChI is InChI=1S/C9H12N4OS/c1-6(2)8-7(5-14)11-12-13(8)9-10-3-4-15-9/h3-4,6,14H,5H2,1-2H3. The van der Waals surface area contributed by atoms with E-state index in [0.29, 0.717) is 5.69 Å². The van der Waals surface area contributed by atoms with Gasteiger partial charge >= 0.3 is 0 Å². The van der Waals surface area contributed by atoms with Crippen LogP contribution in [0.3, 0.4) is 0 Å². The lowest BCUT2D eigenvalue weighted by atomic mass is 10.1. The molecule has 2 aromatic heterocycles. The number of aliphatic hydroxyl groups excluding tert-OH is 1. The Morgan fingerprint density at radius 3 is 2.87 bits per heavy atom. The summed E-state index contributed by atoms with van der Waals surface area (Å²) in [6.45, 7) is 4.00. The highest BCUT2D eigenvalue weighted by Gasteiger charge is 2.17. The molecule has 0 aliphatic carbocycles. The van der Waals surface area contributed by atoms with E-state index in [9.17, 15) is 0 Å². The zero-order valence-corrected chi connectivity index (χ0v) is 9.40. The van der Waals surface area contributed by atoms with E-state index in [4.69, 9.17) is 5.11 Å². The zero-order valence-electron chi connectivity index (χ0n) is 8.58. The van der Waals surface area contributed by atoms with Crippen molar-refractivity contribution in [3.63, 3.8) is 0 Å². The summed E-state index contributed by atoms with van der Waals surface area (Å²) in [5.74, 6) is 0.256. The molecule has 0 amide bonds. The van der Waals surface area contributed by atoms with Crippen LogP contribution in [-0.4, -0.2) is 25.1 Å². The second-order valence-corrected chi connectivity index (χ2v) is 4.33. The third-order valence-electron chi connectivity index (χ3n) is 2.08. The van der Waals surface area contributed by atoms with Crippen molar-refractivity contribution < 1.29 is 5.11 Å². The summed E-state index contributed by atoms with van der Waals surface area (Å²) in [5, 5.41) is 19.8. The summed E-state index contributed by atoms with van der Waals surface area (Å²) in [4.78, 5) is 4.17. The van der Waals surface area contributed by atoms with Crippen molar-refractivity contribution in [2.45, 2.75) is 26.4 Å². The Kier molecular flexibility index (Phi) is 2.79. The van der Waals surface area contributed by atoms with E-state index in [-0.39, 0.29) is 12.5 Å². The number of thiazole rings is 1. The minimum atomic E-state index is -0.0844. The highest BCUT2D eigenvalue weighted by molar-refractivity contribution is 7.12. The summed E-state index contributed by atoms with van der Waals surface area (Å²) >= 11 is 1.50. The maximum Gasteiger partial charge on any atom is 0.211 e. The number of hydrogen-bond donors (Lipinski definition) is 1. The Bertz CT molecular complexity index is 435. The van der Waals surface area contributed by atoms with Crippen molar-refractivity contribution >= 4 is 11.3 Å². The third-order valence-corrected chi connectivity index (χ3v) is 2.82. The lowest BCUT2D eigenvalue weighted by Gasteiger charge is -2.07. The van der Waals surface area contributed by atoms with Crippen LogP contribution in [0, 0.1) is 0 Å². The van der Waals surface area contributed by atoms with E-state index in [1.54, 1.807) is 10.9 Å². The second kappa shape index (κ2) is 4.08. The number of aliphatic hydroxyl groups is 1. The Hall–Kier alpha value is -1.27. The van der Waals surface area contributed by atoms with Crippen LogP contribution in [0.4, 0.5) is 0 Å². The number of nitrogens with zero attached hydrogens (tertiary/aromatic N) is 4. The molecule has 0 aliphatic rings. The SMILES string of the molecule is CC(C)c1c(CO)nnn1-c1nccs1. The predicted molar refractivity (Wildman–Crippen MR) is 57.0 cm³/mol. The smallest absolute Gasteiger partial charge is 0.211 e. The minimum Gasteiger partial charge on any atom is -0.390 e. The molecule has 0 unspecified atom stereocenters. The summed E-state index contributed by atoms with van der Waals surface area (Å²) in [7, 11) is 0. The van der Waals surface area contributed by atoms with Crippen LogP contribution in [-0.2, 0) is 6.61 Å². The molecule has 0 radical (unpaired) electrons. The monoisotopic (exact) mass is 224 g/mol. The van der Waals surface area contributed by atoms with Gasteiger partial charge in [0.1, 0.15) is 5.69 Å². The van der Waals surface area contributed by atoms with Crippen LogP contribution < -0.4 is 0 Å². The molecule has 0 fully saturated rings. The van der Waals surface area contributed by atoms with Gasteiger partial charge in [-0.1, -0.05) is 19.1 Å². The lowest BCUT2D eigenvalue weighted by Crippen LogP contribution is -2.05.